The Morgan fingerprint density at radius 2 is 1.88 bits per heavy atom. The van der Waals surface area contributed by atoms with Crippen LogP contribution in [-0.4, -0.2) is 21.0 Å². The third-order valence-electron chi connectivity index (χ3n) is 2.07. The molecule has 2 N–H and O–H groups in total. The highest BCUT2D eigenvalue weighted by Crippen LogP contribution is 2.23. The van der Waals surface area contributed by atoms with Crippen LogP contribution in [0.4, 0.5) is 13.2 Å². The van der Waals surface area contributed by atoms with E-state index in [1.54, 1.807) is 30.3 Å². The van der Waals surface area contributed by atoms with Crippen LogP contribution in [0.2, 0.25) is 0 Å². The zero-order chi connectivity index (χ0) is 12.9. The van der Waals surface area contributed by atoms with Crippen LogP contribution in [-0.2, 0) is 17.7 Å². The first kappa shape index (κ1) is 14.1. The van der Waals surface area contributed by atoms with E-state index in [1.807, 2.05) is 4.72 Å². The predicted molar refractivity (Wildman–Crippen MR) is 58.5 cm³/mol. The molecule has 2 atom stereocenters. The van der Waals surface area contributed by atoms with Gasteiger partial charge in [0.15, 0.2) is 0 Å². The van der Waals surface area contributed by atoms with Crippen LogP contribution in [0.5, 0.6) is 0 Å². The minimum atomic E-state index is -4.37. The summed E-state index contributed by atoms with van der Waals surface area (Å²) in [5.74, 6) is 0. The Labute approximate surface area is 99.5 Å². The zero-order valence-corrected chi connectivity index (χ0v) is 9.59. The van der Waals surface area contributed by atoms with Crippen molar-refractivity contribution in [3.63, 3.8) is 0 Å². The van der Waals surface area contributed by atoms with E-state index in [9.17, 15) is 17.4 Å². The third-order valence-corrected chi connectivity index (χ3v) is 2.61. The summed E-state index contributed by atoms with van der Waals surface area (Å²) >= 11 is -2.45. The molecule has 96 valence electrons. The highest BCUT2D eigenvalue weighted by atomic mass is 32.2. The lowest BCUT2D eigenvalue weighted by Gasteiger charge is -2.18. The second kappa shape index (κ2) is 6.13. The van der Waals surface area contributed by atoms with Gasteiger partial charge in [0.25, 0.3) is 0 Å². The highest BCUT2D eigenvalue weighted by Gasteiger charge is 2.32. The van der Waals surface area contributed by atoms with Gasteiger partial charge in [-0.05, 0) is 12.0 Å². The SMILES string of the molecule is O=S(O)NC(Cc1ccccc1)CC(F)(F)F. The smallest absolute Gasteiger partial charge is 0.294 e. The van der Waals surface area contributed by atoms with Gasteiger partial charge >= 0.3 is 6.18 Å². The zero-order valence-electron chi connectivity index (χ0n) is 8.78. The van der Waals surface area contributed by atoms with Crippen LogP contribution >= 0.6 is 0 Å². The summed E-state index contributed by atoms with van der Waals surface area (Å²) in [6.45, 7) is 0. The van der Waals surface area contributed by atoms with Crippen LogP contribution in [0, 0.1) is 0 Å². The van der Waals surface area contributed by atoms with E-state index >= 15 is 0 Å². The summed E-state index contributed by atoms with van der Waals surface area (Å²) in [5.41, 5.74) is 0.680. The van der Waals surface area contributed by atoms with E-state index in [0.29, 0.717) is 5.56 Å². The topological polar surface area (TPSA) is 49.3 Å². The van der Waals surface area contributed by atoms with Gasteiger partial charge in [-0.15, -0.1) is 0 Å². The number of benzene rings is 1. The average Bonchev–Trinajstić information content (AvgIpc) is 2.15. The molecule has 0 fully saturated rings. The van der Waals surface area contributed by atoms with Crippen molar-refractivity contribution in [2.24, 2.45) is 0 Å². The average molecular weight is 267 g/mol. The normalized spacial score (nSPS) is 15.5. The lowest BCUT2D eigenvalue weighted by atomic mass is 10.0. The second-order valence-electron chi connectivity index (χ2n) is 3.57. The standard InChI is InChI=1S/C10H12F3NO2S/c11-10(12,13)7-9(14-17(15)16)6-8-4-2-1-3-5-8/h1-5,9,14H,6-7H2,(H,15,16). The third kappa shape index (κ3) is 6.40. The fourth-order valence-corrected chi connectivity index (χ4v) is 1.93. The van der Waals surface area contributed by atoms with Crippen LogP contribution in [0.25, 0.3) is 0 Å². The molecule has 0 spiro atoms. The number of rotatable bonds is 5. The van der Waals surface area contributed by atoms with E-state index in [4.69, 9.17) is 4.55 Å². The van der Waals surface area contributed by atoms with Crippen molar-refractivity contribution in [2.75, 3.05) is 0 Å². The molecule has 0 aliphatic heterocycles. The van der Waals surface area contributed by atoms with Gasteiger partial charge in [-0.1, -0.05) is 30.3 Å². The van der Waals surface area contributed by atoms with E-state index < -0.39 is 29.9 Å². The van der Waals surface area contributed by atoms with Crippen LogP contribution < -0.4 is 4.72 Å². The lowest BCUT2D eigenvalue weighted by Crippen LogP contribution is -2.36. The second-order valence-corrected chi connectivity index (χ2v) is 4.31. The number of alkyl halides is 3. The molecule has 0 aliphatic rings. The van der Waals surface area contributed by atoms with Gasteiger partial charge in [0.05, 0.1) is 6.42 Å². The Morgan fingerprint density at radius 3 is 2.35 bits per heavy atom. The summed E-state index contributed by atoms with van der Waals surface area (Å²) < 4.78 is 57.8. The molecule has 0 heterocycles. The summed E-state index contributed by atoms with van der Waals surface area (Å²) in [5, 5.41) is 0. The van der Waals surface area contributed by atoms with Crippen molar-refractivity contribution in [1.29, 1.82) is 0 Å². The van der Waals surface area contributed by atoms with Gasteiger partial charge in [-0.2, -0.15) is 13.2 Å². The number of hydrogen-bond donors (Lipinski definition) is 2. The molecule has 1 aromatic carbocycles. The maximum absolute atomic E-state index is 12.2. The molecule has 0 aromatic heterocycles. The summed E-state index contributed by atoms with van der Waals surface area (Å²) in [6, 6.07) is 7.39. The Kier molecular flexibility index (Phi) is 5.10. The van der Waals surface area contributed by atoms with Crippen molar-refractivity contribution in [3.05, 3.63) is 35.9 Å². The number of hydrogen-bond acceptors (Lipinski definition) is 1. The lowest BCUT2D eigenvalue weighted by molar-refractivity contribution is -0.138. The first-order valence-electron chi connectivity index (χ1n) is 4.84. The van der Waals surface area contributed by atoms with Gasteiger partial charge < -0.3 is 0 Å². The number of halogens is 3. The largest absolute Gasteiger partial charge is 0.390 e. The molecule has 0 amide bonds. The van der Waals surface area contributed by atoms with Crippen molar-refractivity contribution < 1.29 is 21.9 Å². The number of nitrogens with one attached hydrogen (secondary N) is 1. The van der Waals surface area contributed by atoms with E-state index in [-0.39, 0.29) is 6.42 Å². The Hall–Kier alpha value is -0.920. The Morgan fingerprint density at radius 1 is 1.29 bits per heavy atom. The van der Waals surface area contributed by atoms with Gasteiger partial charge in [-0.25, -0.2) is 8.93 Å². The highest BCUT2D eigenvalue weighted by molar-refractivity contribution is 7.77. The van der Waals surface area contributed by atoms with Gasteiger partial charge in [-0.3, -0.25) is 4.55 Å². The predicted octanol–water partition coefficient (Wildman–Crippen LogP) is 2.28. The van der Waals surface area contributed by atoms with Gasteiger partial charge in [0, 0.05) is 6.04 Å². The van der Waals surface area contributed by atoms with Crippen LogP contribution in [0.3, 0.4) is 0 Å². The molecule has 7 heteroatoms. The maximum atomic E-state index is 12.2. The van der Waals surface area contributed by atoms with Crippen molar-refractivity contribution in [3.8, 4) is 0 Å². The Bertz CT molecular complexity index is 370. The summed E-state index contributed by atoms with van der Waals surface area (Å²) in [7, 11) is 0. The van der Waals surface area contributed by atoms with Crippen LogP contribution in [0.1, 0.15) is 12.0 Å². The molecule has 0 radical (unpaired) electrons. The first-order valence-corrected chi connectivity index (χ1v) is 5.95. The van der Waals surface area contributed by atoms with E-state index in [1.165, 1.54) is 0 Å². The van der Waals surface area contributed by atoms with Gasteiger partial charge in [0.2, 0.25) is 11.3 Å². The Balaban J connectivity index is 2.67. The van der Waals surface area contributed by atoms with Crippen molar-refractivity contribution in [1.82, 2.24) is 4.72 Å². The molecule has 0 saturated carbocycles. The monoisotopic (exact) mass is 267 g/mol. The van der Waals surface area contributed by atoms with Gasteiger partial charge in [0.1, 0.15) is 0 Å². The maximum Gasteiger partial charge on any atom is 0.390 e. The molecule has 3 nitrogen and oxygen atoms in total. The minimum absolute atomic E-state index is 0.0483. The van der Waals surface area contributed by atoms with E-state index in [0.717, 1.165) is 0 Å². The molecule has 17 heavy (non-hydrogen) atoms. The summed E-state index contributed by atoms with van der Waals surface area (Å²) in [4.78, 5) is 0. The van der Waals surface area contributed by atoms with Crippen molar-refractivity contribution in [2.45, 2.75) is 25.1 Å². The quantitative estimate of drug-likeness (QED) is 0.804. The van der Waals surface area contributed by atoms with E-state index in [2.05, 4.69) is 0 Å². The molecular formula is C10H12F3NO2S. The minimum Gasteiger partial charge on any atom is -0.294 e. The molecule has 0 bridgehead atoms. The van der Waals surface area contributed by atoms with Crippen molar-refractivity contribution >= 4 is 11.3 Å². The summed E-state index contributed by atoms with van der Waals surface area (Å²) in [6.07, 6.45) is -5.47. The molecule has 0 aliphatic carbocycles. The first-order chi connectivity index (χ1) is 7.87. The molecule has 0 saturated heterocycles. The molecule has 2 unspecified atom stereocenters. The fourth-order valence-electron chi connectivity index (χ4n) is 1.48. The van der Waals surface area contributed by atoms with Crippen LogP contribution in [0.15, 0.2) is 30.3 Å². The molecule has 1 rings (SSSR count). The molecular weight excluding hydrogens is 255 g/mol. The molecule has 1 aromatic rings. The fraction of sp³-hybridized carbons (Fsp3) is 0.400.